The standard InChI is InChI=1S/C19H24N4O3S2/c1-11-7-23(8-12(2)26-11)9-14-10-27-19(20-14)22-18(25)15-5-6-16(28-15)21-17(24)13-3-4-13/h5-6,10-13H,3-4,7-9H2,1-2H3,(H,21,24)(H,20,22,25)/t11-,12+. The second-order valence-corrected chi connectivity index (χ2v) is 9.42. The second kappa shape index (κ2) is 8.28. The zero-order valence-electron chi connectivity index (χ0n) is 15.9. The third kappa shape index (κ3) is 4.96. The Bertz CT molecular complexity index is 851. The number of nitrogens with zero attached hydrogens (tertiary/aromatic N) is 2. The van der Waals surface area contributed by atoms with Gasteiger partial charge in [-0.05, 0) is 38.8 Å². The number of morpholine rings is 1. The predicted octanol–water partition coefficient (Wildman–Crippen LogP) is 3.41. The van der Waals surface area contributed by atoms with Gasteiger partial charge in [-0.25, -0.2) is 4.98 Å². The van der Waals surface area contributed by atoms with Crippen LogP contribution < -0.4 is 10.6 Å². The fourth-order valence-electron chi connectivity index (χ4n) is 3.33. The van der Waals surface area contributed by atoms with Crippen molar-refractivity contribution < 1.29 is 14.3 Å². The first kappa shape index (κ1) is 19.5. The average Bonchev–Trinajstić information content (AvgIpc) is 3.23. The lowest BCUT2D eigenvalue weighted by Crippen LogP contribution is -2.44. The number of hydrogen-bond donors (Lipinski definition) is 2. The Morgan fingerprint density at radius 3 is 2.68 bits per heavy atom. The number of hydrogen-bond acceptors (Lipinski definition) is 7. The van der Waals surface area contributed by atoms with E-state index in [-0.39, 0.29) is 29.9 Å². The van der Waals surface area contributed by atoms with Crippen LogP contribution in [0.4, 0.5) is 10.1 Å². The molecule has 1 saturated heterocycles. The van der Waals surface area contributed by atoms with Crippen LogP contribution in [0.1, 0.15) is 42.1 Å². The highest BCUT2D eigenvalue weighted by Crippen LogP contribution is 2.32. The molecular formula is C19H24N4O3S2. The molecule has 2 aromatic heterocycles. The summed E-state index contributed by atoms with van der Waals surface area (Å²) in [6.07, 6.45) is 2.35. The number of aromatic nitrogens is 1. The van der Waals surface area contributed by atoms with E-state index in [0.717, 1.165) is 38.2 Å². The Balaban J connectivity index is 1.31. The van der Waals surface area contributed by atoms with Crippen LogP contribution >= 0.6 is 22.7 Å². The number of anilines is 2. The summed E-state index contributed by atoms with van der Waals surface area (Å²) < 4.78 is 5.76. The van der Waals surface area contributed by atoms with Crippen molar-refractivity contribution in [3.63, 3.8) is 0 Å². The van der Waals surface area contributed by atoms with Crippen LogP contribution in [0, 0.1) is 5.92 Å². The molecule has 1 aliphatic carbocycles. The first-order chi connectivity index (χ1) is 13.5. The van der Waals surface area contributed by atoms with Gasteiger partial charge >= 0.3 is 0 Å². The van der Waals surface area contributed by atoms with Gasteiger partial charge in [0, 0.05) is 30.9 Å². The lowest BCUT2D eigenvalue weighted by atomic mass is 10.2. The van der Waals surface area contributed by atoms with Crippen molar-refractivity contribution in [2.75, 3.05) is 23.7 Å². The molecular weight excluding hydrogens is 396 g/mol. The van der Waals surface area contributed by atoms with Crippen molar-refractivity contribution in [2.45, 2.75) is 45.4 Å². The number of rotatable bonds is 6. The Kier molecular flexibility index (Phi) is 5.77. The van der Waals surface area contributed by atoms with Crippen molar-refractivity contribution in [3.8, 4) is 0 Å². The van der Waals surface area contributed by atoms with E-state index in [1.807, 2.05) is 5.38 Å². The molecule has 0 spiro atoms. The monoisotopic (exact) mass is 420 g/mol. The van der Waals surface area contributed by atoms with Crippen molar-refractivity contribution in [3.05, 3.63) is 28.1 Å². The Morgan fingerprint density at radius 1 is 1.21 bits per heavy atom. The molecule has 1 aliphatic heterocycles. The number of nitrogens with one attached hydrogen (secondary N) is 2. The highest BCUT2D eigenvalue weighted by atomic mass is 32.1. The summed E-state index contributed by atoms with van der Waals surface area (Å²) in [7, 11) is 0. The smallest absolute Gasteiger partial charge is 0.267 e. The minimum atomic E-state index is -0.202. The molecule has 150 valence electrons. The van der Waals surface area contributed by atoms with Gasteiger partial charge in [-0.15, -0.1) is 22.7 Å². The summed E-state index contributed by atoms with van der Waals surface area (Å²) in [6.45, 7) is 6.68. The maximum absolute atomic E-state index is 12.5. The molecule has 3 heterocycles. The van der Waals surface area contributed by atoms with Crippen molar-refractivity contribution in [2.24, 2.45) is 5.92 Å². The molecule has 9 heteroatoms. The number of thiazole rings is 1. The van der Waals surface area contributed by atoms with Crippen LogP contribution in [-0.4, -0.2) is 47.0 Å². The van der Waals surface area contributed by atoms with Gasteiger partial charge in [-0.3, -0.25) is 19.8 Å². The summed E-state index contributed by atoms with van der Waals surface area (Å²) in [4.78, 5) is 31.7. The van der Waals surface area contributed by atoms with E-state index in [1.165, 1.54) is 22.7 Å². The molecule has 0 unspecified atom stereocenters. The van der Waals surface area contributed by atoms with E-state index in [9.17, 15) is 9.59 Å². The maximum Gasteiger partial charge on any atom is 0.267 e. The maximum atomic E-state index is 12.5. The third-order valence-electron chi connectivity index (χ3n) is 4.68. The first-order valence-corrected chi connectivity index (χ1v) is 11.2. The lowest BCUT2D eigenvalue weighted by molar-refractivity contribution is -0.117. The van der Waals surface area contributed by atoms with Gasteiger partial charge < -0.3 is 10.1 Å². The van der Waals surface area contributed by atoms with Gasteiger partial charge in [0.05, 0.1) is 27.8 Å². The van der Waals surface area contributed by atoms with E-state index in [2.05, 4.69) is 34.4 Å². The summed E-state index contributed by atoms with van der Waals surface area (Å²) in [5, 5.41) is 9.01. The number of thiophene rings is 1. The molecule has 0 radical (unpaired) electrons. The van der Waals surface area contributed by atoms with Crippen LogP contribution in [-0.2, 0) is 16.1 Å². The molecule has 2 N–H and O–H groups in total. The summed E-state index contributed by atoms with van der Waals surface area (Å²) in [5.41, 5.74) is 0.949. The highest BCUT2D eigenvalue weighted by Gasteiger charge is 2.30. The topological polar surface area (TPSA) is 83.6 Å². The number of carbonyl (C=O) groups is 2. The van der Waals surface area contributed by atoms with Gasteiger partial charge in [0.1, 0.15) is 0 Å². The Morgan fingerprint density at radius 2 is 1.96 bits per heavy atom. The quantitative estimate of drug-likeness (QED) is 0.748. The zero-order valence-corrected chi connectivity index (χ0v) is 17.6. The fourth-order valence-corrected chi connectivity index (χ4v) is 4.84. The Hall–Kier alpha value is -1.81. The summed E-state index contributed by atoms with van der Waals surface area (Å²) >= 11 is 2.71. The average molecular weight is 421 g/mol. The molecule has 2 aromatic rings. The summed E-state index contributed by atoms with van der Waals surface area (Å²) in [6, 6.07) is 3.50. The highest BCUT2D eigenvalue weighted by molar-refractivity contribution is 7.18. The molecule has 1 saturated carbocycles. The predicted molar refractivity (Wildman–Crippen MR) is 111 cm³/mol. The van der Waals surface area contributed by atoms with Crippen LogP contribution in [0.3, 0.4) is 0 Å². The first-order valence-electron chi connectivity index (χ1n) is 9.50. The summed E-state index contributed by atoms with van der Waals surface area (Å²) in [5.74, 6) is -0.0119. The van der Waals surface area contributed by atoms with Crippen LogP contribution in [0.2, 0.25) is 0 Å². The molecule has 2 atom stereocenters. The van der Waals surface area contributed by atoms with Gasteiger partial charge in [0.25, 0.3) is 5.91 Å². The number of amides is 2. The molecule has 2 aliphatic rings. The Labute approximate surface area is 172 Å². The van der Waals surface area contributed by atoms with Gasteiger partial charge in [-0.1, -0.05) is 0 Å². The largest absolute Gasteiger partial charge is 0.373 e. The van der Waals surface area contributed by atoms with Gasteiger partial charge in [0.15, 0.2) is 5.13 Å². The molecule has 4 rings (SSSR count). The van der Waals surface area contributed by atoms with Crippen LogP contribution in [0.25, 0.3) is 0 Å². The third-order valence-corrected chi connectivity index (χ3v) is 6.48. The van der Waals surface area contributed by atoms with Gasteiger partial charge in [-0.2, -0.15) is 0 Å². The minimum Gasteiger partial charge on any atom is -0.373 e. The van der Waals surface area contributed by atoms with E-state index >= 15 is 0 Å². The SMILES string of the molecule is C[C@@H]1CN(Cc2csc(NC(=O)c3ccc(NC(=O)C4CC4)s3)n2)C[C@H](C)O1. The lowest BCUT2D eigenvalue weighted by Gasteiger charge is -2.34. The van der Waals surface area contributed by atoms with Crippen LogP contribution in [0.15, 0.2) is 17.5 Å². The second-order valence-electron chi connectivity index (χ2n) is 7.48. The molecule has 28 heavy (non-hydrogen) atoms. The number of carbonyl (C=O) groups excluding carboxylic acids is 2. The normalized spacial score (nSPS) is 22.8. The fraction of sp³-hybridized carbons (Fsp3) is 0.526. The van der Waals surface area contributed by atoms with Crippen molar-refractivity contribution in [1.29, 1.82) is 0 Å². The van der Waals surface area contributed by atoms with E-state index < -0.39 is 0 Å². The molecule has 7 nitrogen and oxygen atoms in total. The zero-order chi connectivity index (χ0) is 19.7. The van der Waals surface area contributed by atoms with E-state index in [4.69, 9.17) is 4.74 Å². The minimum absolute atomic E-state index is 0.0464. The van der Waals surface area contributed by atoms with E-state index in [1.54, 1.807) is 12.1 Å². The molecule has 0 bridgehead atoms. The van der Waals surface area contributed by atoms with Crippen LogP contribution in [0.5, 0.6) is 0 Å². The molecule has 2 fully saturated rings. The molecule has 2 amide bonds. The van der Waals surface area contributed by atoms with Gasteiger partial charge in [0.2, 0.25) is 5.91 Å². The van der Waals surface area contributed by atoms with Crippen molar-refractivity contribution >= 4 is 44.6 Å². The van der Waals surface area contributed by atoms with Crippen molar-refractivity contribution in [1.82, 2.24) is 9.88 Å². The molecule has 0 aromatic carbocycles. The number of ether oxygens (including phenoxy) is 1. The van der Waals surface area contributed by atoms with E-state index in [0.29, 0.717) is 15.0 Å².